The van der Waals surface area contributed by atoms with Crippen LogP contribution in [-0.2, 0) is 0 Å². The highest BCUT2D eigenvalue weighted by Gasteiger charge is 2.34. The van der Waals surface area contributed by atoms with Crippen molar-refractivity contribution in [2.45, 2.75) is 32.3 Å². The van der Waals surface area contributed by atoms with Gasteiger partial charge in [-0.3, -0.25) is 4.90 Å². The third kappa shape index (κ3) is 2.52. The molecule has 2 atom stereocenters. The molecule has 2 rings (SSSR count). The molecule has 5 heteroatoms. The SMILES string of the molecule is COc1ccnc(N2C(C)=C(C)C(C)N(C)C2SC)c1. The number of ether oxygens (including phenoxy) is 1. The van der Waals surface area contributed by atoms with Crippen LogP contribution in [0, 0.1) is 0 Å². The van der Waals surface area contributed by atoms with Crippen molar-refractivity contribution in [1.29, 1.82) is 0 Å². The highest BCUT2D eigenvalue weighted by atomic mass is 32.2. The van der Waals surface area contributed by atoms with Crippen molar-refractivity contribution >= 4 is 17.6 Å². The van der Waals surface area contributed by atoms with Gasteiger partial charge < -0.3 is 9.64 Å². The van der Waals surface area contributed by atoms with E-state index in [-0.39, 0.29) is 5.50 Å². The molecule has 2 unspecified atom stereocenters. The summed E-state index contributed by atoms with van der Waals surface area (Å²) in [6.45, 7) is 6.61. The number of aromatic nitrogens is 1. The van der Waals surface area contributed by atoms with E-state index >= 15 is 0 Å². The van der Waals surface area contributed by atoms with Crippen molar-refractivity contribution in [3.63, 3.8) is 0 Å². The summed E-state index contributed by atoms with van der Waals surface area (Å²) in [4.78, 5) is 9.17. The maximum Gasteiger partial charge on any atom is 0.138 e. The van der Waals surface area contributed by atoms with Crippen molar-refractivity contribution in [3.8, 4) is 5.75 Å². The lowest BCUT2D eigenvalue weighted by Gasteiger charge is -2.46. The predicted molar refractivity (Wildman–Crippen MR) is 86.2 cm³/mol. The van der Waals surface area contributed by atoms with Crippen molar-refractivity contribution in [2.24, 2.45) is 0 Å². The number of pyridine rings is 1. The van der Waals surface area contributed by atoms with E-state index in [9.17, 15) is 0 Å². The molecule has 1 aromatic heterocycles. The Labute approximate surface area is 125 Å². The van der Waals surface area contributed by atoms with Gasteiger partial charge in [-0.05, 0) is 45.7 Å². The summed E-state index contributed by atoms with van der Waals surface area (Å²) < 4.78 is 5.32. The molecule has 0 aromatic carbocycles. The topological polar surface area (TPSA) is 28.6 Å². The van der Waals surface area contributed by atoms with Gasteiger partial charge in [-0.25, -0.2) is 4.98 Å². The van der Waals surface area contributed by atoms with Gasteiger partial charge >= 0.3 is 0 Å². The maximum absolute atomic E-state index is 5.32. The van der Waals surface area contributed by atoms with E-state index in [1.54, 1.807) is 13.3 Å². The minimum absolute atomic E-state index is 0.244. The quantitative estimate of drug-likeness (QED) is 0.853. The lowest BCUT2D eigenvalue weighted by Crippen LogP contribution is -2.52. The second-order valence-electron chi connectivity index (χ2n) is 5.10. The molecule has 0 aliphatic carbocycles. The van der Waals surface area contributed by atoms with E-state index in [0.29, 0.717) is 6.04 Å². The van der Waals surface area contributed by atoms with Crippen LogP contribution in [-0.4, -0.2) is 41.8 Å². The summed E-state index contributed by atoms with van der Waals surface area (Å²) in [5, 5.41) is 0. The normalized spacial score (nSPS) is 24.2. The van der Waals surface area contributed by atoms with E-state index in [2.05, 4.69) is 48.9 Å². The van der Waals surface area contributed by atoms with Gasteiger partial charge in [0.2, 0.25) is 0 Å². The smallest absolute Gasteiger partial charge is 0.138 e. The fourth-order valence-electron chi connectivity index (χ4n) is 2.55. The van der Waals surface area contributed by atoms with Crippen molar-refractivity contribution in [3.05, 3.63) is 29.6 Å². The first-order valence-electron chi connectivity index (χ1n) is 6.72. The number of anilines is 1. The Morgan fingerprint density at radius 3 is 2.65 bits per heavy atom. The summed E-state index contributed by atoms with van der Waals surface area (Å²) in [6.07, 6.45) is 3.93. The third-order valence-electron chi connectivity index (χ3n) is 4.15. The molecular weight excluding hydrogens is 270 g/mol. The summed E-state index contributed by atoms with van der Waals surface area (Å²) in [5.41, 5.74) is 2.89. The molecule has 0 bridgehead atoms. The molecule has 0 N–H and O–H groups in total. The molecular formula is C15H23N3OS. The number of nitrogens with zero attached hydrogens (tertiary/aromatic N) is 3. The third-order valence-corrected chi connectivity index (χ3v) is 5.11. The van der Waals surface area contributed by atoms with Crippen molar-refractivity contribution in [2.75, 3.05) is 25.3 Å². The fourth-order valence-corrected chi connectivity index (χ4v) is 3.54. The van der Waals surface area contributed by atoms with Crippen molar-refractivity contribution in [1.82, 2.24) is 9.88 Å². The molecule has 0 spiro atoms. The van der Waals surface area contributed by atoms with Crippen LogP contribution in [0.25, 0.3) is 0 Å². The van der Waals surface area contributed by atoms with Gasteiger partial charge in [-0.1, -0.05) is 0 Å². The Bertz CT molecular complexity index is 518. The fraction of sp³-hybridized carbons (Fsp3) is 0.533. The van der Waals surface area contributed by atoms with Crippen LogP contribution < -0.4 is 9.64 Å². The van der Waals surface area contributed by atoms with Crippen LogP contribution in [0.3, 0.4) is 0 Å². The summed E-state index contributed by atoms with van der Waals surface area (Å²) >= 11 is 1.82. The van der Waals surface area contributed by atoms with Gasteiger partial charge in [0.05, 0.1) is 7.11 Å². The highest BCUT2D eigenvalue weighted by Crippen LogP contribution is 2.36. The molecule has 0 saturated heterocycles. The first-order chi connectivity index (χ1) is 9.51. The van der Waals surface area contributed by atoms with Gasteiger partial charge in [0.25, 0.3) is 0 Å². The Kier molecular flexibility index (Phi) is 4.60. The van der Waals surface area contributed by atoms with E-state index in [4.69, 9.17) is 4.74 Å². The number of methoxy groups -OCH3 is 1. The zero-order valence-electron chi connectivity index (χ0n) is 13.0. The molecule has 0 amide bonds. The molecule has 0 radical (unpaired) electrons. The second kappa shape index (κ2) is 6.06. The number of hydrogen-bond acceptors (Lipinski definition) is 5. The second-order valence-corrected chi connectivity index (χ2v) is 5.99. The van der Waals surface area contributed by atoms with Crippen LogP contribution in [0.5, 0.6) is 5.75 Å². The maximum atomic E-state index is 5.32. The predicted octanol–water partition coefficient (Wildman–Crippen LogP) is 3.17. The standard InChI is InChI=1S/C15H23N3OS/c1-10-11(2)17(4)15(20-6)18(12(10)3)14-9-13(19-5)7-8-16-14/h7-9,11,15H,1-6H3. The van der Waals surface area contributed by atoms with E-state index in [0.717, 1.165) is 11.6 Å². The monoisotopic (exact) mass is 293 g/mol. The lowest BCUT2D eigenvalue weighted by molar-refractivity contribution is 0.249. The highest BCUT2D eigenvalue weighted by molar-refractivity contribution is 7.99. The minimum atomic E-state index is 0.244. The molecule has 4 nitrogen and oxygen atoms in total. The lowest BCUT2D eigenvalue weighted by atomic mass is 10.0. The van der Waals surface area contributed by atoms with Gasteiger partial charge in [0.15, 0.2) is 0 Å². The largest absolute Gasteiger partial charge is 0.497 e. The van der Waals surface area contributed by atoms with Gasteiger partial charge in [0, 0.05) is 24.0 Å². The van der Waals surface area contributed by atoms with Crippen LogP contribution in [0.1, 0.15) is 20.8 Å². The number of likely N-dealkylation sites (N-methyl/N-ethyl adjacent to an activating group) is 1. The average molecular weight is 293 g/mol. The van der Waals surface area contributed by atoms with E-state index < -0.39 is 0 Å². The summed E-state index contributed by atoms with van der Waals surface area (Å²) in [5.74, 6) is 1.76. The van der Waals surface area contributed by atoms with E-state index in [1.807, 2.05) is 23.9 Å². The number of rotatable bonds is 3. The first kappa shape index (κ1) is 15.2. The molecule has 20 heavy (non-hydrogen) atoms. The van der Waals surface area contributed by atoms with Gasteiger partial charge in [0.1, 0.15) is 17.1 Å². The Morgan fingerprint density at radius 2 is 2.05 bits per heavy atom. The van der Waals surface area contributed by atoms with Crippen molar-refractivity contribution < 1.29 is 4.74 Å². The molecule has 0 fully saturated rings. The van der Waals surface area contributed by atoms with Crippen LogP contribution in [0.2, 0.25) is 0 Å². The molecule has 1 aromatic rings. The van der Waals surface area contributed by atoms with Gasteiger partial charge in [-0.15, -0.1) is 11.8 Å². The molecule has 0 saturated carbocycles. The van der Waals surface area contributed by atoms with E-state index in [1.165, 1.54) is 11.3 Å². The zero-order valence-corrected chi connectivity index (χ0v) is 13.9. The van der Waals surface area contributed by atoms with Crippen LogP contribution >= 0.6 is 11.8 Å². The van der Waals surface area contributed by atoms with Crippen LogP contribution in [0.4, 0.5) is 5.82 Å². The van der Waals surface area contributed by atoms with Crippen LogP contribution in [0.15, 0.2) is 29.6 Å². The Balaban J connectivity index is 2.50. The minimum Gasteiger partial charge on any atom is -0.497 e. The van der Waals surface area contributed by atoms with Gasteiger partial charge in [-0.2, -0.15) is 0 Å². The number of thioether (sulfide) groups is 1. The number of hydrogen-bond donors (Lipinski definition) is 0. The Hall–Kier alpha value is -1.20. The molecule has 110 valence electrons. The average Bonchev–Trinajstić information content (AvgIpc) is 2.48. The molecule has 2 heterocycles. The molecule has 1 aliphatic rings. The molecule has 1 aliphatic heterocycles. The zero-order chi connectivity index (χ0) is 14.9. The summed E-state index contributed by atoms with van der Waals surface area (Å²) in [7, 11) is 3.85. The first-order valence-corrected chi connectivity index (χ1v) is 8.01. The Morgan fingerprint density at radius 1 is 1.35 bits per heavy atom. The summed E-state index contributed by atoms with van der Waals surface area (Å²) in [6, 6.07) is 4.30. The number of allylic oxidation sites excluding steroid dienone is 1.